The van der Waals surface area contributed by atoms with E-state index < -0.39 is 0 Å². The van der Waals surface area contributed by atoms with Gasteiger partial charge < -0.3 is 34.7 Å². The van der Waals surface area contributed by atoms with Crippen LogP contribution in [0.4, 0.5) is 11.4 Å². The van der Waals surface area contributed by atoms with E-state index in [0.29, 0.717) is 54.7 Å². The van der Waals surface area contributed by atoms with Crippen LogP contribution in [0.5, 0.6) is 17.2 Å². The number of amides is 2. The number of anilines is 2. The average molecular weight is 683 g/mol. The number of fused-ring (bicyclic) bond motifs is 4. The number of carbonyl (C=O) groups excluding carboxylic acids is 2. The second kappa shape index (κ2) is 16.6. The van der Waals surface area contributed by atoms with Gasteiger partial charge in [-0.25, -0.2) is 0 Å². The Morgan fingerprint density at radius 2 is 1.74 bits per heavy atom. The van der Waals surface area contributed by atoms with Crippen LogP contribution in [0.1, 0.15) is 76.5 Å². The number of nitrogens with one attached hydrogen (secondary N) is 3. The van der Waals surface area contributed by atoms with Crippen LogP contribution in [0.3, 0.4) is 0 Å². The Kier molecular flexibility index (Phi) is 12.1. The fourth-order valence-electron chi connectivity index (χ4n) is 6.80. The maximum atomic E-state index is 13.6. The largest absolute Gasteiger partial charge is 0.493 e. The molecule has 2 amide bonds. The zero-order chi connectivity index (χ0) is 35.8. The maximum absolute atomic E-state index is 13.6. The monoisotopic (exact) mass is 682 g/mol. The molecule has 1 aliphatic rings. The van der Waals surface area contributed by atoms with E-state index in [1.807, 2.05) is 24.3 Å². The molecule has 0 radical (unpaired) electrons. The summed E-state index contributed by atoms with van der Waals surface area (Å²) < 4.78 is 19.4. The van der Waals surface area contributed by atoms with E-state index in [9.17, 15) is 14.4 Å². The van der Waals surface area contributed by atoms with Crippen LogP contribution in [0, 0.1) is 5.92 Å². The van der Waals surface area contributed by atoms with Crippen LogP contribution in [0.15, 0.2) is 59.5 Å². The number of aryl methyl sites for hydroxylation is 2. The zero-order valence-corrected chi connectivity index (χ0v) is 30.1. The number of aromatic nitrogens is 1. The molecule has 1 unspecified atom stereocenters. The highest BCUT2D eigenvalue weighted by molar-refractivity contribution is 6.01. The molecular formula is C40H50N4O6. The van der Waals surface area contributed by atoms with Crippen LogP contribution in [-0.2, 0) is 22.6 Å². The number of ether oxygens (including phenoxy) is 3. The highest BCUT2D eigenvalue weighted by Crippen LogP contribution is 2.50. The van der Waals surface area contributed by atoms with Crippen molar-refractivity contribution in [3.05, 3.63) is 76.1 Å². The van der Waals surface area contributed by atoms with Gasteiger partial charge >= 0.3 is 0 Å². The second-order valence-electron chi connectivity index (χ2n) is 13.3. The number of unbranched alkanes of at least 4 members (excludes halogenated alkanes) is 2. The Morgan fingerprint density at radius 1 is 0.940 bits per heavy atom. The topological polar surface area (TPSA) is 120 Å². The minimum Gasteiger partial charge on any atom is -0.493 e. The minimum absolute atomic E-state index is 0.00231. The number of hydrogen-bond acceptors (Lipinski definition) is 7. The summed E-state index contributed by atoms with van der Waals surface area (Å²) in [5.74, 6) is 1.98. The summed E-state index contributed by atoms with van der Waals surface area (Å²) in [4.78, 5) is 38.6. The molecule has 0 spiro atoms. The van der Waals surface area contributed by atoms with E-state index in [1.54, 1.807) is 33.5 Å². The van der Waals surface area contributed by atoms with Crippen molar-refractivity contribution in [3.63, 3.8) is 0 Å². The molecule has 50 heavy (non-hydrogen) atoms. The third-order valence-electron chi connectivity index (χ3n) is 9.35. The lowest BCUT2D eigenvalue weighted by Gasteiger charge is -2.19. The van der Waals surface area contributed by atoms with E-state index in [1.165, 1.54) is 6.92 Å². The normalized spacial score (nSPS) is 13.6. The summed E-state index contributed by atoms with van der Waals surface area (Å²) in [6, 6.07) is 15.0. The van der Waals surface area contributed by atoms with Crippen LogP contribution < -0.4 is 35.6 Å². The van der Waals surface area contributed by atoms with Crippen molar-refractivity contribution in [1.82, 2.24) is 9.88 Å². The molecule has 10 heteroatoms. The van der Waals surface area contributed by atoms with Crippen LogP contribution >= 0.6 is 0 Å². The highest BCUT2D eigenvalue weighted by atomic mass is 16.5. The molecule has 5 rings (SSSR count). The van der Waals surface area contributed by atoms with E-state index >= 15 is 0 Å². The molecule has 0 saturated carbocycles. The third kappa shape index (κ3) is 8.23. The van der Waals surface area contributed by atoms with Crippen LogP contribution in [0.25, 0.3) is 22.0 Å². The van der Waals surface area contributed by atoms with Crippen molar-refractivity contribution < 1.29 is 23.8 Å². The molecule has 3 aromatic carbocycles. The number of benzene rings is 2. The number of hydrogen-bond donors (Lipinski definition) is 3. The van der Waals surface area contributed by atoms with Crippen molar-refractivity contribution in [2.75, 3.05) is 38.5 Å². The summed E-state index contributed by atoms with van der Waals surface area (Å²) in [5.41, 5.74) is 5.56. The van der Waals surface area contributed by atoms with Gasteiger partial charge in [0, 0.05) is 43.6 Å². The lowest BCUT2D eigenvalue weighted by molar-refractivity contribution is -0.119. The van der Waals surface area contributed by atoms with Crippen molar-refractivity contribution >= 4 is 34.1 Å². The predicted octanol–water partition coefficient (Wildman–Crippen LogP) is 7.47. The van der Waals surface area contributed by atoms with E-state index in [4.69, 9.17) is 14.2 Å². The first-order valence-corrected chi connectivity index (χ1v) is 17.5. The smallest absolute Gasteiger partial charge is 0.224 e. The fourth-order valence-corrected chi connectivity index (χ4v) is 6.80. The molecule has 0 aliphatic heterocycles. The molecule has 1 atom stereocenters. The number of carbonyl (C=O) groups is 2. The van der Waals surface area contributed by atoms with Gasteiger partial charge in [0.15, 0.2) is 11.5 Å². The van der Waals surface area contributed by atoms with Gasteiger partial charge in [0.2, 0.25) is 23.0 Å². The van der Waals surface area contributed by atoms with Crippen molar-refractivity contribution in [2.45, 2.75) is 78.3 Å². The molecule has 1 aromatic heterocycles. The van der Waals surface area contributed by atoms with Crippen molar-refractivity contribution in [3.8, 4) is 28.4 Å². The minimum atomic E-state index is -0.368. The Labute approximate surface area is 294 Å². The number of rotatable bonds is 15. The molecule has 266 valence electrons. The standard InChI is InChI=1S/C40H50N4O6/c1-25(2)18-21-44-22-19-29-31(11-10-12-34(29)44)43-37(47)13-8-7-9-20-41-33-17-15-28-30(24-35(33)46)32(42-26(3)45)16-14-27-23-36(48-4)39(49-5)40(50-6)38(27)28/h10-12,15,17,19,22-25,32H,7-9,13-14,16,18,20-21H2,1-6H3,(H,41,46)(H,42,45)(H,43,47). The highest BCUT2D eigenvalue weighted by Gasteiger charge is 2.29. The molecule has 4 aromatic rings. The SMILES string of the molecule is COc1cc2c(c(OC)c1OC)-c1ccc(NCCCCCC(=O)Nc3cccc4c3ccn4CCC(C)C)c(=O)cc1C(NC(C)=O)CC2. The third-order valence-corrected chi connectivity index (χ3v) is 9.35. The number of methoxy groups -OCH3 is 3. The molecule has 0 bridgehead atoms. The molecule has 3 N–H and O–H groups in total. The zero-order valence-electron chi connectivity index (χ0n) is 30.1. The first-order chi connectivity index (χ1) is 24.1. The van der Waals surface area contributed by atoms with Crippen molar-refractivity contribution in [2.24, 2.45) is 5.92 Å². The fraction of sp³-hybridized carbons (Fsp3) is 0.425. The quantitative estimate of drug-likeness (QED) is 0.111. The maximum Gasteiger partial charge on any atom is 0.224 e. The Bertz CT molecular complexity index is 1900. The summed E-state index contributed by atoms with van der Waals surface area (Å²) >= 11 is 0. The van der Waals surface area contributed by atoms with Gasteiger partial charge in [-0.3, -0.25) is 14.4 Å². The van der Waals surface area contributed by atoms with E-state index in [2.05, 4.69) is 52.7 Å². The van der Waals surface area contributed by atoms with E-state index in [-0.39, 0.29) is 23.3 Å². The van der Waals surface area contributed by atoms with Crippen LogP contribution in [0.2, 0.25) is 0 Å². The van der Waals surface area contributed by atoms with Gasteiger partial charge in [-0.05, 0) is 91.1 Å². The summed E-state index contributed by atoms with van der Waals surface area (Å²) in [7, 11) is 4.73. The van der Waals surface area contributed by atoms with Gasteiger partial charge in [0.25, 0.3) is 0 Å². The lowest BCUT2D eigenvalue weighted by atomic mass is 9.95. The van der Waals surface area contributed by atoms with Crippen LogP contribution in [-0.4, -0.2) is 44.3 Å². The van der Waals surface area contributed by atoms with Gasteiger partial charge in [-0.15, -0.1) is 0 Å². The van der Waals surface area contributed by atoms with E-state index in [0.717, 1.165) is 71.1 Å². The summed E-state index contributed by atoms with van der Waals surface area (Å²) in [6.45, 7) is 7.46. The Hall–Kier alpha value is -4.99. The van der Waals surface area contributed by atoms with Gasteiger partial charge in [-0.1, -0.05) is 32.4 Å². The lowest BCUT2D eigenvalue weighted by Crippen LogP contribution is -2.26. The van der Waals surface area contributed by atoms with Gasteiger partial charge in [0.05, 0.1) is 44.3 Å². The molecular weight excluding hydrogens is 632 g/mol. The molecule has 1 aliphatic carbocycles. The first-order valence-electron chi connectivity index (χ1n) is 17.5. The Morgan fingerprint density at radius 3 is 2.46 bits per heavy atom. The van der Waals surface area contributed by atoms with Gasteiger partial charge in [0.1, 0.15) is 0 Å². The second-order valence-corrected chi connectivity index (χ2v) is 13.3. The van der Waals surface area contributed by atoms with Crippen molar-refractivity contribution in [1.29, 1.82) is 0 Å². The predicted molar refractivity (Wildman–Crippen MR) is 200 cm³/mol. The molecule has 1 heterocycles. The first kappa shape index (κ1) is 36.3. The van der Waals surface area contributed by atoms with Gasteiger partial charge in [-0.2, -0.15) is 0 Å². The molecule has 0 saturated heterocycles. The number of nitrogens with zero attached hydrogens (tertiary/aromatic N) is 1. The average Bonchev–Trinajstić information content (AvgIpc) is 3.38. The molecule has 10 nitrogen and oxygen atoms in total. The molecule has 0 fully saturated rings. The summed E-state index contributed by atoms with van der Waals surface area (Å²) in [6.07, 6.45) is 7.21. The Balaban J connectivity index is 1.24. The summed E-state index contributed by atoms with van der Waals surface area (Å²) in [5, 5.41) is 10.5.